The standard InChI is InChI=1S/C9H11N3O2/c13-8(14)5-11-7-3-4-10-9(12-7)6-1-2-6/h3-4,6H,1-2,5H2,(H,13,14)(H,10,11,12). The van der Waals surface area contributed by atoms with Crippen molar-refractivity contribution in [1.29, 1.82) is 0 Å². The van der Waals surface area contributed by atoms with Crippen LogP contribution in [-0.2, 0) is 4.79 Å². The molecule has 0 unspecified atom stereocenters. The highest BCUT2D eigenvalue weighted by Gasteiger charge is 2.26. The van der Waals surface area contributed by atoms with Gasteiger partial charge in [0.2, 0.25) is 0 Å². The maximum Gasteiger partial charge on any atom is 0.322 e. The quantitative estimate of drug-likeness (QED) is 0.741. The van der Waals surface area contributed by atoms with E-state index in [1.54, 1.807) is 12.3 Å². The molecule has 0 aliphatic heterocycles. The van der Waals surface area contributed by atoms with Gasteiger partial charge in [-0.2, -0.15) is 0 Å². The van der Waals surface area contributed by atoms with E-state index in [1.807, 2.05) is 0 Å². The molecule has 2 N–H and O–H groups in total. The summed E-state index contributed by atoms with van der Waals surface area (Å²) in [6.45, 7) is -0.110. The topological polar surface area (TPSA) is 75.1 Å². The highest BCUT2D eigenvalue weighted by Crippen LogP contribution is 2.37. The minimum atomic E-state index is -0.892. The molecule has 5 heteroatoms. The van der Waals surface area contributed by atoms with Crippen LogP contribution in [-0.4, -0.2) is 27.6 Å². The molecule has 1 heterocycles. The van der Waals surface area contributed by atoms with Gasteiger partial charge in [0.15, 0.2) is 0 Å². The van der Waals surface area contributed by atoms with E-state index in [1.165, 1.54) is 0 Å². The number of nitrogens with one attached hydrogen (secondary N) is 1. The third-order valence-electron chi connectivity index (χ3n) is 2.04. The van der Waals surface area contributed by atoms with Gasteiger partial charge >= 0.3 is 5.97 Å². The van der Waals surface area contributed by atoms with E-state index in [0.717, 1.165) is 18.7 Å². The molecule has 0 amide bonds. The highest BCUT2D eigenvalue weighted by molar-refractivity contribution is 5.72. The van der Waals surface area contributed by atoms with E-state index in [2.05, 4.69) is 15.3 Å². The minimum absolute atomic E-state index is 0.110. The van der Waals surface area contributed by atoms with Crippen molar-refractivity contribution >= 4 is 11.8 Å². The summed E-state index contributed by atoms with van der Waals surface area (Å²) in [5.74, 6) is 1.00. The van der Waals surface area contributed by atoms with Crippen molar-refractivity contribution < 1.29 is 9.90 Å². The summed E-state index contributed by atoms with van der Waals surface area (Å²) < 4.78 is 0. The zero-order valence-corrected chi connectivity index (χ0v) is 7.60. The Labute approximate surface area is 81.2 Å². The van der Waals surface area contributed by atoms with Gasteiger partial charge in [-0.1, -0.05) is 0 Å². The number of carboxylic acid groups (broad SMARTS) is 1. The lowest BCUT2D eigenvalue weighted by atomic mass is 10.4. The molecule has 0 aromatic carbocycles. The first-order valence-corrected chi connectivity index (χ1v) is 4.54. The molecule has 0 spiro atoms. The van der Waals surface area contributed by atoms with E-state index in [0.29, 0.717) is 11.7 Å². The van der Waals surface area contributed by atoms with E-state index in [9.17, 15) is 4.79 Å². The van der Waals surface area contributed by atoms with Crippen LogP contribution in [0.2, 0.25) is 0 Å². The summed E-state index contributed by atoms with van der Waals surface area (Å²) in [5, 5.41) is 11.2. The van der Waals surface area contributed by atoms with Crippen LogP contribution in [0.1, 0.15) is 24.6 Å². The number of hydrogen-bond acceptors (Lipinski definition) is 4. The predicted octanol–water partition coefficient (Wildman–Crippen LogP) is 0.851. The first-order valence-electron chi connectivity index (χ1n) is 4.54. The van der Waals surface area contributed by atoms with Gasteiger partial charge in [-0.25, -0.2) is 9.97 Å². The second kappa shape index (κ2) is 3.61. The lowest BCUT2D eigenvalue weighted by Crippen LogP contribution is -2.13. The smallest absolute Gasteiger partial charge is 0.322 e. The van der Waals surface area contributed by atoms with Gasteiger partial charge in [0.1, 0.15) is 18.2 Å². The fourth-order valence-electron chi connectivity index (χ4n) is 1.18. The van der Waals surface area contributed by atoms with Gasteiger partial charge in [-0.15, -0.1) is 0 Å². The molecule has 1 aliphatic carbocycles. The Kier molecular flexibility index (Phi) is 2.30. The maximum atomic E-state index is 10.3. The molecule has 14 heavy (non-hydrogen) atoms. The molecule has 0 saturated heterocycles. The van der Waals surface area contributed by atoms with E-state index < -0.39 is 5.97 Å². The van der Waals surface area contributed by atoms with Crippen LogP contribution in [0.5, 0.6) is 0 Å². The Morgan fingerprint density at radius 2 is 2.43 bits per heavy atom. The predicted molar refractivity (Wildman–Crippen MR) is 50.1 cm³/mol. The summed E-state index contributed by atoms with van der Waals surface area (Å²) in [7, 11) is 0. The first-order chi connectivity index (χ1) is 6.75. The molecule has 1 fully saturated rings. The second-order valence-corrected chi connectivity index (χ2v) is 3.32. The van der Waals surface area contributed by atoms with Gasteiger partial charge in [-0.05, 0) is 18.9 Å². The van der Waals surface area contributed by atoms with E-state index in [4.69, 9.17) is 5.11 Å². The summed E-state index contributed by atoms with van der Waals surface area (Å²) in [6, 6.07) is 1.68. The molecule has 1 saturated carbocycles. The lowest BCUT2D eigenvalue weighted by Gasteiger charge is -2.03. The van der Waals surface area contributed by atoms with Crippen molar-refractivity contribution in [3.8, 4) is 0 Å². The molecule has 1 aliphatic rings. The average molecular weight is 193 g/mol. The monoisotopic (exact) mass is 193 g/mol. The highest BCUT2D eigenvalue weighted by atomic mass is 16.4. The molecular formula is C9H11N3O2. The molecule has 2 rings (SSSR count). The number of carbonyl (C=O) groups is 1. The van der Waals surface area contributed by atoms with Crippen molar-refractivity contribution in [2.45, 2.75) is 18.8 Å². The Balaban J connectivity index is 2.02. The molecular weight excluding hydrogens is 182 g/mol. The van der Waals surface area contributed by atoms with Crippen LogP contribution in [0, 0.1) is 0 Å². The van der Waals surface area contributed by atoms with Gasteiger partial charge in [0.25, 0.3) is 0 Å². The third kappa shape index (κ3) is 2.18. The number of hydrogen-bond donors (Lipinski definition) is 2. The normalized spacial score (nSPS) is 15.1. The second-order valence-electron chi connectivity index (χ2n) is 3.32. The zero-order chi connectivity index (χ0) is 9.97. The molecule has 1 aromatic rings. The van der Waals surface area contributed by atoms with Crippen molar-refractivity contribution in [3.05, 3.63) is 18.1 Å². The SMILES string of the molecule is O=C(O)CNc1ccnc(C2CC2)n1. The Morgan fingerprint density at radius 3 is 3.07 bits per heavy atom. The van der Waals surface area contributed by atoms with E-state index >= 15 is 0 Å². The molecule has 0 atom stereocenters. The average Bonchev–Trinajstić information content (AvgIpc) is 2.98. The number of anilines is 1. The van der Waals surface area contributed by atoms with E-state index in [-0.39, 0.29) is 6.54 Å². The van der Waals surface area contributed by atoms with Crippen molar-refractivity contribution in [2.24, 2.45) is 0 Å². The summed E-state index contributed by atoms with van der Waals surface area (Å²) in [4.78, 5) is 18.6. The van der Waals surface area contributed by atoms with Crippen molar-refractivity contribution in [2.75, 3.05) is 11.9 Å². The van der Waals surface area contributed by atoms with Crippen LogP contribution in [0.3, 0.4) is 0 Å². The Bertz CT molecular complexity index is 350. The zero-order valence-electron chi connectivity index (χ0n) is 7.60. The summed E-state index contributed by atoms with van der Waals surface area (Å²) in [5.41, 5.74) is 0. The van der Waals surface area contributed by atoms with Gasteiger partial charge in [0.05, 0.1) is 0 Å². The fraction of sp³-hybridized carbons (Fsp3) is 0.444. The number of carboxylic acids is 1. The van der Waals surface area contributed by atoms with Crippen LogP contribution < -0.4 is 5.32 Å². The lowest BCUT2D eigenvalue weighted by molar-refractivity contribution is -0.134. The largest absolute Gasteiger partial charge is 0.480 e. The van der Waals surface area contributed by atoms with Crippen molar-refractivity contribution in [3.63, 3.8) is 0 Å². The van der Waals surface area contributed by atoms with Gasteiger partial charge in [0, 0.05) is 12.1 Å². The van der Waals surface area contributed by atoms with Crippen LogP contribution in [0.4, 0.5) is 5.82 Å². The van der Waals surface area contributed by atoms with Crippen LogP contribution >= 0.6 is 0 Å². The fourth-order valence-corrected chi connectivity index (χ4v) is 1.18. The Morgan fingerprint density at radius 1 is 1.64 bits per heavy atom. The number of nitrogens with zero attached hydrogens (tertiary/aromatic N) is 2. The van der Waals surface area contributed by atoms with Crippen LogP contribution in [0.15, 0.2) is 12.3 Å². The molecule has 74 valence electrons. The molecule has 5 nitrogen and oxygen atoms in total. The van der Waals surface area contributed by atoms with Crippen LogP contribution in [0.25, 0.3) is 0 Å². The number of aromatic nitrogens is 2. The molecule has 0 radical (unpaired) electrons. The maximum absolute atomic E-state index is 10.3. The van der Waals surface area contributed by atoms with Crippen molar-refractivity contribution in [1.82, 2.24) is 9.97 Å². The minimum Gasteiger partial charge on any atom is -0.480 e. The summed E-state index contributed by atoms with van der Waals surface area (Å²) in [6.07, 6.45) is 3.94. The number of rotatable bonds is 4. The Hall–Kier alpha value is -1.65. The molecule has 1 aromatic heterocycles. The summed E-state index contributed by atoms with van der Waals surface area (Å²) >= 11 is 0. The first kappa shape index (κ1) is 8.93. The van der Waals surface area contributed by atoms with Gasteiger partial charge in [-0.3, -0.25) is 4.79 Å². The third-order valence-corrected chi connectivity index (χ3v) is 2.04. The number of aliphatic carboxylic acids is 1. The molecule has 0 bridgehead atoms. The van der Waals surface area contributed by atoms with Gasteiger partial charge < -0.3 is 10.4 Å².